The van der Waals surface area contributed by atoms with Crippen LogP contribution in [-0.2, 0) is 27.1 Å². The van der Waals surface area contributed by atoms with Crippen LogP contribution in [0.25, 0.3) is 11.0 Å². The molecule has 0 aliphatic heterocycles. The number of aromatic nitrogens is 4. The molecule has 126 valence electrons. The lowest BCUT2D eigenvalue weighted by Gasteiger charge is -2.05. The van der Waals surface area contributed by atoms with Crippen LogP contribution in [0.2, 0.25) is 0 Å². The summed E-state index contributed by atoms with van der Waals surface area (Å²) >= 11 is 0. The molecule has 2 N–H and O–H groups in total. The molecule has 0 fully saturated rings. The second-order valence-electron chi connectivity index (χ2n) is 5.23. The Morgan fingerprint density at radius 2 is 1.91 bits per heavy atom. The fraction of sp³-hybridized carbons (Fsp3) is 0.333. The van der Waals surface area contributed by atoms with Gasteiger partial charge in [0.15, 0.2) is 0 Å². The molecule has 0 aliphatic carbocycles. The van der Waals surface area contributed by atoms with E-state index in [0.717, 1.165) is 36.2 Å². The zero-order chi connectivity index (χ0) is 14.8. The topological polar surface area (TPSA) is 67.6 Å². The normalized spacial score (nSPS) is 10.3. The smallest absolute Gasteiger partial charge is 0.328 e. The lowest BCUT2D eigenvalue weighted by atomic mass is 10.2. The van der Waals surface area contributed by atoms with E-state index in [9.17, 15) is 4.79 Å². The van der Waals surface area contributed by atoms with Gasteiger partial charge in [0.1, 0.15) is 0 Å². The fourth-order valence-electron chi connectivity index (χ4n) is 2.54. The van der Waals surface area contributed by atoms with Crippen LogP contribution in [0, 0.1) is 0 Å². The first kappa shape index (κ1) is 19.3. The Bertz CT molecular complexity index is 807. The molecule has 0 unspecified atom stereocenters. The molecule has 0 radical (unpaired) electrons. The van der Waals surface area contributed by atoms with Crippen LogP contribution >= 0.6 is 24.8 Å². The molecule has 0 atom stereocenters. The molecular formula is C15H21Cl2N5O. The van der Waals surface area contributed by atoms with Gasteiger partial charge in [0, 0.05) is 45.5 Å². The van der Waals surface area contributed by atoms with Crippen molar-refractivity contribution < 1.29 is 0 Å². The van der Waals surface area contributed by atoms with Gasteiger partial charge in [-0.1, -0.05) is 6.07 Å². The van der Waals surface area contributed by atoms with Crippen LogP contribution in [0.15, 0.2) is 35.5 Å². The number of aromatic amines is 1. The fourth-order valence-corrected chi connectivity index (χ4v) is 2.54. The molecule has 0 saturated heterocycles. The van der Waals surface area contributed by atoms with Crippen molar-refractivity contribution in [2.75, 3.05) is 6.54 Å². The second kappa shape index (κ2) is 8.19. The minimum absolute atomic E-state index is 0. The molecule has 3 rings (SSSR count). The highest BCUT2D eigenvalue weighted by atomic mass is 35.5. The van der Waals surface area contributed by atoms with E-state index in [1.165, 1.54) is 5.56 Å². The average molecular weight is 358 g/mol. The van der Waals surface area contributed by atoms with Gasteiger partial charge in [0.2, 0.25) is 0 Å². The van der Waals surface area contributed by atoms with Crippen molar-refractivity contribution in [2.45, 2.75) is 13.0 Å². The summed E-state index contributed by atoms with van der Waals surface area (Å²) < 4.78 is 3.36. The van der Waals surface area contributed by atoms with Gasteiger partial charge in [-0.05, 0) is 17.7 Å². The van der Waals surface area contributed by atoms with Gasteiger partial charge in [0.05, 0.1) is 17.4 Å². The molecule has 2 heterocycles. The number of nitrogens with zero attached hydrogens (tertiary/aromatic N) is 3. The van der Waals surface area contributed by atoms with E-state index < -0.39 is 0 Å². The number of halogens is 2. The molecule has 0 amide bonds. The lowest BCUT2D eigenvalue weighted by molar-refractivity contribution is 0.681. The van der Waals surface area contributed by atoms with E-state index in [2.05, 4.69) is 27.4 Å². The van der Waals surface area contributed by atoms with E-state index in [0.29, 0.717) is 0 Å². The standard InChI is InChI=1S/C15H19N5O.2ClH/c1-19-13-4-3-11(7-14(13)20(2)15(19)21)8-16-6-5-12-9-17-10-18-12;;/h3-4,7,9-10,16H,5-6,8H2,1-2H3,(H,17,18);2*1H. The van der Waals surface area contributed by atoms with Crippen molar-refractivity contribution in [1.82, 2.24) is 24.4 Å². The monoisotopic (exact) mass is 357 g/mol. The maximum absolute atomic E-state index is 11.9. The molecule has 0 aliphatic rings. The van der Waals surface area contributed by atoms with Crippen LogP contribution in [-0.4, -0.2) is 25.6 Å². The molecule has 1 aromatic carbocycles. The number of benzene rings is 1. The summed E-state index contributed by atoms with van der Waals surface area (Å²) in [5, 5.41) is 3.40. The van der Waals surface area contributed by atoms with Crippen molar-refractivity contribution in [2.24, 2.45) is 14.1 Å². The van der Waals surface area contributed by atoms with Crippen LogP contribution in [0.4, 0.5) is 0 Å². The van der Waals surface area contributed by atoms with E-state index in [1.807, 2.05) is 12.3 Å². The van der Waals surface area contributed by atoms with Crippen molar-refractivity contribution >= 4 is 35.8 Å². The summed E-state index contributed by atoms with van der Waals surface area (Å²) in [5.74, 6) is 0. The minimum atomic E-state index is 0. The SMILES string of the molecule is Cl.Cl.Cn1c(=O)n(C)c2cc(CNCCc3cnc[nH]3)ccc21. The molecule has 8 heteroatoms. The Labute approximate surface area is 146 Å². The third-order valence-corrected chi connectivity index (χ3v) is 3.79. The third kappa shape index (κ3) is 3.96. The summed E-state index contributed by atoms with van der Waals surface area (Å²) in [7, 11) is 3.60. The first-order chi connectivity index (χ1) is 10.2. The van der Waals surface area contributed by atoms with Gasteiger partial charge in [0.25, 0.3) is 0 Å². The summed E-state index contributed by atoms with van der Waals surface area (Å²) in [6.07, 6.45) is 4.46. The Morgan fingerprint density at radius 3 is 2.61 bits per heavy atom. The van der Waals surface area contributed by atoms with E-state index in [-0.39, 0.29) is 30.5 Å². The predicted octanol–water partition coefficient (Wildman–Crippen LogP) is 1.78. The van der Waals surface area contributed by atoms with E-state index >= 15 is 0 Å². The highest BCUT2D eigenvalue weighted by molar-refractivity contribution is 5.85. The first-order valence-corrected chi connectivity index (χ1v) is 6.99. The summed E-state index contributed by atoms with van der Waals surface area (Å²) in [4.78, 5) is 19.0. The highest BCUT2D eigenvalue weighted by Crippen LogP contribution is 2.13. The van der Waals surface area contributed by atoms with Gasteiger partial charge in [-0.15, -0.1) is 24.8 Å². The van der Waals surface area contributed by atoms with E-state index in [4.69, 9.17) is 0 Å². The maximum Gasteiger partial charge on any atom is 0.328 e. The minimum Gasteiger partial charge on any atom is -0.348 e. The Kier molecular flexibility index (Phi) is 6.87. The number of nitrogens with one attached hydrogen (secondary N) is 2. The summed E-state index contributed by atoms with van der Waals surface area (Å²) in [5.41, 5.74) is 4.24. The van der Waals surface area contributed by atoms with E-state index in [1.54, 1.807) is 29.6 Å². The number of H-pyrrole nitrogens is 1. The third-order valence-electron chi connectivity index (χ3n) is 3.79. The Hall–Kier alpha value is -1.76. The summed E-state index contributed by atoms with van der Waals surface area (Å²) in [6, 6.07) is 6.13. The predicted molar refractivity (Wildman–Crippen MR) is 96.7 cm³/mol. The van der Waals surface area contributed by atoms with Gasteiger partial charge in [-0.3, -0.25) is 9.13 Å². The second-order valence-corrected chi connectivity index (χ2v) is 5.23. The van der Waals surface area contributed by atoms with Gasteiger partial charge >= 0.3 is 5.69 Å². The largest absolute Gasteiger partial charge is 0.348 e. The maximum atomic E-state index is 11.9. The lowest BCUT2D eigenvalue weighted by Crippen LogP contribution is -2.19. The molecule has 0 bridgehead atoms. The van der Waals surface area contributed by atoms with Gasteiger partial charge < -0.3 is 10.3 Å². The van der Waals surface area contributed by atoms with Gasteiger partial charge in [-0.25, -0.2) is 9.78 Å². The number of hydrogen-bond acceptors (Lipinski definition) is 3. The van der Waals surface area contributed by atoms with Crippen molar-refractivity contribution in [1.29, 1.82) is 0 Å². The zero-order valence-corrected chi connectivity index (χ0v) is 14.7. The van der Waals surface area contributed by atoms with Crippen LogP contribution in [0.5, 0.6) is 0 Å². The van der Waals surface area contributed by atoms with Crippen LogP contribution in [0.3, 0.4) is 0 Å². The molecular weight excluding hydrogens is 337 g/mol. The van der Waals surface area contributed by atoms with Crippen LogP contribution in [0.1, 0.15) is 11.3 Å². The number of hydrogen-bond donors (Lipinski definition) is 2. The van der Waals surface area contributed by atoms with Gasteiger partial charge in [-0.2, -0.15) is 0 Å². The van der Waals surface area contributed by atoms with Crippen molar-refractivity contribution in [3.05, 3.63) is 52.5 Å². The molecule has 2 aromatic heterocycles. The molecule has 3 aromatic rings. The quantitative estimate of drug-likeness (QED) is 0.684. The van der Waals surface area contributed by atoms with Crippen LogP contribution < -0.4 is 11.0 Å². The number of fused-ring (bicyclic) bond motifs is 1. The zero-order valence-electron chi connectivity index (χ0n) is 13.1. The number of rotatable bonds is 5. The first-order valence-electron chi connectivity index (χ1n) is 6.99. The number of aryl methyl sites for hydroxylation is 2. The Morgan fingerprint density at radius 1 is 1.17 bits per heavy atom. The highest BCUT2D eigenvalue weighted by Gasteiger charge is 2.07. The summed E-state index contributed by atoms with van der Waals surface area (Å²) in [6.45, 7) is 1.67. The van der Waals surface area contributed by atoms with Crippen molar-refractivity contribution in [3.63, 3.8) is 0 Å². The average Bonchev–Trinajstić information content (AvgIpc) is 3.08. The Balaban J connectivity index is 0.00000132. The molecule has 23 heavy (non-hydrogen) atoms. The van der Waals surface area contributed by atoms with Crippen molar-refractivity contribution in [3.8, 4) is 0 Å². The molecule has 0 spiro atoms. The molecule has 0 saturated carbocycles. The molecule has 6 nitrogen and oxygen atoms in total. The number of imidazole rings is 2.